The lowest BCUT2D eigenvalue weighted by molar-refractivity contribution is 1.23. The van der Waals surface area contributed by atoms with E-state index >= 15 is 0 Å². The van der Waals surface area contributed by atoms with Crippen LogP contribution in [-0.2, 0) is 6.42 Å². The molecule has 1 heterocycles. The number of nitrogens with zero attached hydrogens (tertiary/aromatic N) is 2. The molecule has 0 spiro atoms. The molecule has 1 aromatic heterocycles. The minimum atomic E-state index is 0.724. The number of rotatable bonds is 5. The molecule has 0 N–H and O–H groups in total. The molecule has 0 amide bonds. The zero-order valence-corrected chi connectivity index (χ0v) is 27.9. The second kappa shape index (κ2) is 12.0. The molecule has 8 aromatic carbocycles. The van der Waals surface area contributed by atoms with E-state index in [4.69, 9.17) is 9.97 Å². The summed E-state index contributed by atoms with van der Waals surface area (Å²) in [5.41, 5.74) is 16.6. The summed E-state index contributed by atoms with van der Waals surface area (Å²) in [5, 5.41) is 3.58. The van der Waals surface area contributed by atoms with Crippen LogP contribution in [0.3, 0.4) is 0 Å². The summed E-state index contributed by atoms with van der Waals surface area (Å²) in [5.74, 6) is 0.724. The molecule has 0 unspecified atom stereocenters. The summed E-state index contributed by atoms with van der Waals surface area (Å²) in [6.07, 6.45) is 0.966. The first-order chi connectivity index (χ1) is 25.2. The molecule has 0 fully saturated rings. The van der Waals surface area contributed by atoms with Crippen molar-refractivity contribution < 1.29 is 0 Å². The Balaban J connectivity index is 1.10. The molecule has 9 aromatic rings. The molecule has 10 rings (SSSR count). The first kappa shape index (κ1) is 29.3. The highest BCUT2D eigenvalue weighted by molar-refractivity contribution is 6.01. The van der Waals surface area contributed by atoms with Gasteiger partial charge in [-0.05, 0) is 91.0 Å². The molecule has 0 saturated heterocycles. The van der Waals surface area contributed by atoms with Crippen molar-refractivity contribution >= 4 is 21.7 Å². The fourth-order valence-electron chi connectivity index (χ4n) is 7.70. The van der Waals surface area contributed by atoms with E-state index in [2.05, 4.69) is 176 Å². The predicted molar refractivity (Wildman–Crippen MR) is 212 cm³/mol. The zero-order chi connectivity index (χ0) is 33.7. The van der Waals surface area contributed by atoms with E-state index < -0.39 is 0 Å². The summed E-state index contributed by atoms with van der Waals surface area (Å²) < 4.78 is 0. The maximum absolute atomic E-state index is 5.33. The van der Waals surface area contributed by atoms with Gasteiger partial charge < -0.3 is 0 Å². The monoisotopic (exact) mass is 648 g/mol. The van der Waals surface area contributed by atoms with Crippen LogP contribution in [0, 0.1) is 0 Å². The van der Waals surface area contributed by atoms with E-state index in [1.54, 1.807) is 0 Å². The molecule has 2 nitrogen and oxygen atoms in total. The average Bonchev–Trinajstić information content (AvgIpc) is 3.60. The average molecular weight is 649 g/mol. The van der Waals surface area contributed by atoms with Crippen molar-refractivity contribution in [3.63, 3.8) is 0 Å². The Morgan fingerprint density at radius 3 is 1.63 bits per heavy atom. The van der Waals surface area contributed by atoms with Crippen LogP contribution < -0.4 is 0 Å². The third-order valence-electron chi connectivity index (χ3n) is 10.4. The highest BCUT2D eigenvalue weighted by atomic mass is 14.9. The largest absolute Gasteiger partial charge is 0.228 e. The van der Waals surface area contributed by atoms with Gasteiger partial charge in [0.05, 0.1) is 11.2 Å². The minimum Gasteiger partial charge on any atom is -0.228 e. The lowest BCUT2D eigenvalue weighted by atomic mass is 9.95. The quantitative estimate of drug-likeness (QED) is 0.186. The standard InChI is InChI=1S/C49H32N2/c1-3-9-32(10-4-1)34-15-17-36(18-16-34)38-25-28-47-46(30-38)48(51-49(50-47)37-21-19-35(20-22-37)33-11-5-2-6-12-33)41-24-26-43-40(29-41)23-27-44-42-14-8-7-13-39(42)31-45(43)44/h1-30H,31H2. The lowest BCUT2D eigenvalue weighted by Gasteiger charge is -2.13. The number of hydrogen-bond acceptors (Lipinski definition) is 2. The van der Waals surface area contributed by atoms with E-state index in [-0.39, 0.29) is 0 Å². The molecule has 0 aliphatic heterocycles. The van der Waals surface area contributed by atoms with Gasteiger partial charge in [0.2, 0.25) is 0 Å². The van der Waals surface area contributed by atoms with Gasteiger partial charge in [0.15, 0.2) is 5.82 Å². The smallest absolute Gasteiger partial charge is 0.160 e. The fourth-order valence-corrected chi connectivity index (χ4v) is 7.70. The Morgan fingerprint density at radius 2 is 0.922 bits per heavy atom. The van der Waals surface area contributed by atoms with Gasteiger partial charge in [-0.25, -0.2) is 9.97 Å². The van der Waals surface area contributed by atoms with Gasteiger partial charge in [-0.2, -0.15) is 0 Å². The molecule has 238 valence electrons. The molecule has 1 aliphatic carbocycles. The van der Waals surface area contributed by atoms with E-state index in [1.165, 1.54) is 55.3 Å². The molecular formula is C49H32N2. The molecule has 1 aliphatic rings. The predicted octanol–water partition coefficient (Wildman–Crippen LogP) is 12.7. The SMILES string of the molecule is c1ccc(-c2ccc(-c3ccc4nc(-c5ccc(-c6ccccc6)cc5)nc(-c5ccc6c7c(ccc6c5)-c5ccccc5C7)c4c3)cc2)cc1. The van der Waals surface area contributed by atoms with Gasteiger partial charge in [0.1, 0.15) is 0 Å². The minimum absolute atomic E-state index is 0.724. The third-order valence-corrected chi connectivity index (χ3v) is 10.4. The van der Waals surface area contributed by atoms with Crippen molar-refractivity contribution in [2.75, 3.05) is 0 Å². The first-order valence-corrected chi connectivity index (χ1v) is 17.5. The van der Waals surface area contributed by atoms with Crippen LogP contribution >= 0.6 is 0 Å². The van der Waals surface area contributed by atoms with Crippen LogP contribution in [0.5, 0.6) is 0 Å². The summed E-state index contributed by atoms with van der Waals surface area (Å²) >= 11 is 0. The number of aromatic nitrogens is 2. The van der Waals surface area contributed by atoms with Crippen LogP contribution in [-0.4, -0.2) is 9.97 Å². The van der Waals surface area contributed by atoms with Crippen molar-refractivity contribution in [2.24, 2.45) is 0 Å². The Morgan fingerprint density at radius 1 is 0.353 bits per heavy atom. The van der Waals surface area contributed by atoms with Gasteiger partial charge in [-0.1, -0.05) is 164 Å². The van der Waals surface area contributed by atoms with Crippen LogP contribution in [0.2, 0.25) is 0 Å². The number of benzene rings is 8. The Bertz CT molecular complexity index is 2730. The molecule has 0 bridgehead atoms. The summed E-state index contributed by atoms with van der Waals surface area (Å²) in [7, 11) is 0. The van der Waals surface area contributed by atoms with Crippen molar-refractivity contribution in [1.29, 1.82) is 0 Å². The normalized spacial score (nSPS) is 11.8. The molecular weight excluding hydrogens is 617 g/mol. The third kappa shape index (κ3) is 5.21. The maximum atomic E-state index is 5.33. The molecule has 0 saturated carbocycles. The van der Waals surface area contributed by atoms with Crippen molar-refractivity contribution in [3.05, 3.63) is 193 Å². The van der Waals surface area contributed by atoms with Gasteiger partial charge >= 0.3 is 0 Å². The Hall–Kier alpha value is -6.64. The zero-order valence-electron chi connectivity index (χ0n) is 27.9. The van der Waals surface area contributed by atoms with Gasteiger partial charge in [0, 0.05) is 16.5 Å². The van der Waals surface area contributed by atoms with Gasteiger partial charge in [0.25, 0.3) is 0 Å². The van der Waals surface area contributed by atoms with Crippen LogP contribution in [0.4, 0.5) is 0 Å². The van der Waals surface area contributed by atoms with Crippen molar-refractivity contribution in [2.45, 2.75) is 6.42 Å². The van der Waals surface area contributed by atoms with Crippen molar-refractivity contribution in [1.82, 2.24) is 9.97 Å². The number of fused-ring (bicyclic) bond motifs is 6. The van der Waals surface area contributed by atoms with Crippen LogP contribution in [0.15, 0.2) is 182 Å². The highest BCUT2D eigenvalue weighted by Gasteiger charge is 2.21. The Labute approximate surface area is 297 Å². The van der Waals surface area contributed by atoms with Crippen LogP contribution in [0.1, 0.15) is 11.1 Å². The summed E-state index contributed by atoms with van der Waals surface area (Å²) in [6, 6.07) is 65.2. The van der Waals surface area contributed by atoms with E-state index in [0.29, 0.717) is 0 Å². The lowest BCUT2D eigenvalue weighted by Crippen LogP contribution is -1.96. The number of hydrogen-bond donors (Lipinski definition) is 0. The van der Waals surface area contributed by atoms with Crippen LogP contribution in [0.25, 0.3) is 88.8 Å². The summed E-state index contributed by atoms with van der Waals surface area (Å²) in [4.78, 5) is 10.5. The summed E-state index contributed by atoms with van der Waals surface area (Å²) in [6.45, 7) is 0. The first-order valence-electron chi connectivity index (χ1n) is 17.5. The highest BCUT2D eigenvalue weighted by Crippen LogP contribution is 2.42. The molecule has 2 heteroatoms. The Kier molecular flexibility index (Phi) is 6.92. The second-order valence-electron chi connectivity index (χ2n) is 13.4. The topological polar surface area (TPSA) is 25.8 Å². The van der Waals surface area contributed by atoms with Gasteiger partial charge in [-0.15, -0.1) is 0 Å². The van der Waals surface area contributed by atoms with E-state index in [9.17, 15) is 0 Å². The molecule has 51 heavy (non-hydrogen) atoms. The van der Waals surface area contributed by atoms with E-state index in [1.807, 2.05) is 6.07 Å². The molecule has 0 atom stereocenters. The molecule has 0 radical (unpaired) electrons. The fraction of sp³-hybridized carbons (Fsp3) is 0.0204. The van der Waals surface area contributed by atoms with E-state index in [0.717, 1.165) is 51.1 Å². The van der Waals surface area contributed by atoms with Gasteiger partial charge in [-0.3, -0.25) is 0 Å². The maximum Gasteiger partial charge on any atom is 0.160 e. The van der Waals surface area contributed by atoms with Crippen molar-refractivity contribution in [3.8, 4) is 67.2 Å². The second-order valence-corrected chi connectivity index (χ2v) is 13.4.